The predicted molar refractivity (Wildman–Crippen MR) is 108 cm³/mol. The molecule has 1 saturated heterocycles. The highest BCUT2D eigenvalue weighted by atomic mass is 16.5. The highest BCUT2D eigenvalue weighted by Crippen LogP contribution is 2.39. The third kappa shape index (κ3) is 5.09. The summed E-state index contributed by atoms with van der Waals surface area (Å²) in [6, 6.07) is 14.1. The molecule has 2 aromatic rings. The number of hydrogen-bond acceptors (Lipinski definition) is 4. The molecule has 1 heterocycles. The number of rotatable bonds is 9. The number of quaternary nitrogens is 2. The van der Waals surface area contributed by atoms with Gasteiger partial charge in [-0.1, -0.05) is 18.2 Å². The van der Waals surface area contributed by atoms with Crippen LogP contribution in [0.15, 0.2) is 42.5 Å². The van der Waals surface area contributed by atoms with Crippen LogP contribution in [0.1, 0.15) is 5.56 Å². The van der Waals surface area contributed by atoms with E-state index in [2.05, 4.69) is 6.07 Å². The van der Waals surface area contributed by atoms with Crippen molar-refractivity contribution in [1.82, 2.24) is 0 Å². The first kappa shape index (κ1) is 20.3. The van der Waals surface area contributed by atoms with E-state index in [1.807, 2.05) is 36.4 Å². The van der Waals surface area contributed by atoms with Gasteiger partial charge in [-0.3, -0.25) is 0 Å². The zero-order valence-corrected chi connectivity index (χ0v) is 17.1. The topological polar surface area (TPSA) is 45.8 Å². The molecule has 1 aliphatic heterocycles. The third-order valence-electron chi connectivity index (χ3n) is 5.36. The van der Waals surface area contributed by atoms with Crippen molar-refractivity contribution < 1.29 is 28.7 Å². The van der Waals surface area contributed by atoms with Crippen LogP contribution in [0.4, 0.5) is 0 Å². The molecule has 6 heteroatoms. The summed E-state index contributed by atoms with van der Waals surface area (Å²) in [5, 5.41) is 0. The van der Waals surface area contributed by atoms with E-state index in [9.17, 15) is 0 Å². The molecule has 3 rings (SSSR count). The normalized spacial score (nSPS) is 19.1. The first-order chi connectivity index (χ1) is 13.7. The van der Waals surface area contributed by atoms with E-state index in [-0.39, 0.29) is 0 Å². The second-order valence-electron chi connectivity index (χ2n) is 7.08. The highest BCUT2D eigenvalue weighted by molar-refractivity contribution is 5.55. The lowest BCUT2D eigenvalue weighted by molar-refractivity contribution is -1.02. The van der Waals surface area contributed by atoms with E-state index in [1.165, 1.54) is 0 Å². The minimum Gasteiger partial charge on any atom is -0.493 e. The Kier molecular flexibility index (Phi) is 7.39. The first-order valence-corrected chi connectivity index (χ1v) is 9.88. The van der Waals surface area contributed by atoms with Crippen LogP contribution in [0, 0.1) is 0 Å². The summed E-state index contributed by atoms with van der Waals surface area (Å²) in [5.41, 5.74) is 1.16. The SMILES string of the molecule is COc1ccc(C[NH+]2CC[NH+](CCOc3ccccc3)CC2)c(OC)c1OC. The summed E-state index contributed by atoms with van der Waals surface area (Å²) in [5.74, 6) is 3.10. The number of methoxy groups -OCH3 is 3. The zero-order valence-electron chi connectivity index (χ0n) is 17.1. The number of ether oxygens (including phenoxy) is 4. The van der Waals surface area contributed by atoms with Gasteiger partial charge in [0, 0.05) is 0 Å². The summed E-state index contributed by atoms with van der Waals surface area (Å²) in [6.45, 7) is 7.32. The van der Waals surface area contributed by atoms with Crippen LogP contribution in [0.25, 0.3) is 0 Å². The van der Waals surface area contributed by atoms with Crippen molar-refractivity contribution in [3.63, 3.8) is 0 Å². The van der Waals surface area contributed by atoms with E-state index < -0.39 is 0 Å². The Morgan fingerprint density at radius 2 is 1.43 bits per heavy atom. The number of nitrogens with one attached hydrogen (secondary N) is 2. The molecule has 0 aliphatic carbocycles. The Morgan fingerprint density at radius 3 is 2.07 bits per heavy atom. The minimum absolute atomic E-state index is 0.671. The van der Waals surface area contributed by atoms with Gasteiger partial charge < -0.3 is 28.7 Å². The van der Waals surface area contributed by atoms with Crippen LogP contribution in [0.5, 0.6) is 23.0 Å². The van der Waals surface area contributed by atoms with Crippen molar-refractivity contribution in [3.8, 4) is 23.0 Å². The molecule has 1 aliphatic rings. The van der Waals surface area contributed by atoms with Crippen molar-refractivity contribution in [2.75, 3.05) is 60.7 Å². The molecular weight excluding hydrogens is 356 g/mol. The quantitative estimate of drug-likeness (QED) is 0.639. The smallest absolute Gasteiger partial charge is 0.203 e. The van der Waals surface area contributed by atoms with Crippen molar-refractivity contribution in [2.45, 2.75) is 6.54 Å². The average molecular weight is 389 g/mol. The van der Waals surface area contributed by atoms with Crippen LogP contribution in [0.2, 0.25) is 0 Å². The number of para-hydroxylation sites is 1. The second-order valence-corrected chi connectivity index (χ2v) is 7.08. The second kappa shape index (κ2) is 10.2. The summed E-state index contributed by atoms with van der Waals surface area (Å²) in [4.78, 5) is 3.18. The fourth-order valence-electron chi connectivity index (χ4n) is 3.79. The molecule has 6 nitrogen and oxygen atoms in total. The van der Waals surface area contributed by atoms with Gasteiger partial charge in [0.15, 0.2) is 11.5 Å². The molecule has 0 atom stereocenters. The fourth-order valence-corrected chi connectivity index (χ4v) is 3.79. The summed E-state index contributed by atoms with van der Waals surface area (Å²) < 4.78 is 22.4. The Morgan fingerprint density at radius 1 is 0.750 bits per heavy atom. The van der Waals surface area contributed by atoms with Crippen molar-refractivity contribution in [3.05, 3.63) is 48.0 Å². The van der Waals surface area contributed by atoms with E-state index >= 15 is 0 Å². The Bertz CT molecular complexity index is 731. The fraction of sp³-hybridized carbons (Fsp3) is 0.455. The maximum absolute atomic E-state index is 5.84. The van der Waals surface area contributed by atoms with E-state index in [4.69, 9.17) is 18.9 Å². The molecule has 0 unspecified atom stereocenters. The molecule has 1 fully saturated rings. The first-order valence-electron chi connectivity index (χ1n) is 9.88. The Hall–Kier alpha value is -2.44. The number of benzene rings is 2. The highest BCUT2D eigenvalue weighted by Gasteiger charge is 2.25. The van der Waals surface area contributed by atoms with E-state index in [0.717, 1.165) is 62.9 Å². The molecular formula is C22H32N2O4+2. The van der Waals surface area contributed by atoms with Gasteiger partial charge in [-0.05, 0) is 24.3 Å². The van der Waals surface area contributed by atoms with Crippen LogP contribution in [-0.4, -0.2) is 60.7 Å². The maximum Gasteiger partial charge on any atom is 0.203 e. The zero-order chi connectivity index (χ0) is 19.8. The molecule has 28 heavy (non-hydrogen) atoms. The standard InChI is InChI=1S/C22H30N2O4/c1-25-20-10-9-18(21(26-2)22(20)27-3)17-24-13-11-23(12-14-24)15-16-28-19-7-5-4-6-8-19/h4-10H,11-17H2,1-3H3/p+2. The summed E-state index contributed by atoms with van der Waals surface area (Å²) in [6.07, 6.45) is 0. The lowest BCUT2D eigenvalue weighted by Crippen LogP contribution is -3.27. The Labute approximate surface area is 167 Å². The molecule has 0 amide bonds. The van der Waals surface area contributed by atoms with E-state index in [1.54, 1.807) is 31.1 Å². The molecule has 0 radical (unpaired) electrons. The minimum atomic E-state index is 0.671. The molecule has 2 N–H and O–H groups in total. The maximum atomic E-state index is 5.84. The molecule has 2 aromatic carbocycles. The Balaban J connectivity index is 1.49. The molecule has 0 aromatic heterocycles. The van der Waals surface area contributed by atoms with Crippen LogP contribution < -0.4 is 28.7 Å². The van der Waals surface area contributed by atoms with Crippen molar-refractivity contribution in [1.29, 1.82) is 0 Å². The van der Waals surface area contributed by atoms with Crippen LogP contribution >= 0.6 is 0 Å². The van der Waals surface area contributed by atoms with Gasteiger partial charge in [0.05, 0.1) is 26.9 Å². The molecule has 152 valence electrons. The van der Waals surface area contributed by atoms with Gasteiger partial charge in [-0.25, -0.2) is 0 Å². The van der Waals surface area contributed by atoms with Gasteiger partial charge >= 0.3 is 0 Å². The lowest BCUT2D eigenvalue weighted by atomic mass is 10.1. The molecule has 0 spiro atoms. The van der Waals surface area contributed by atoms with Crippen molar-refractivity contribution in [2.24, 2.45) is 0 Å². The van der Waals surface area contributed by atoms with Crippen LogP contribution in [-0.2, 0) is 6.54 Å². The van der Waals surface area contributed by atoms with Crippen LogP contribution in [0.3, 0.4) is 0 Å². The predicted octanol–water partition coefficient (Wildman–Crippen LogP) is 0.0748. The lowest BCUT2D eigenvalue weighted by Gasteiger charge is -2.30. The van der Waals surface area contributed by atoms with Gasteiger partial charge in [-0.2, -0.15) is 0 Å². The van der Waals surface area contributed by atoms with E-state index in [0.29, 0.717) is 11.5 Å². The van der Waals surface area contributed by atoms with Gasteiger partial charge in [-0.15, -0.1) is 0 Å². The largest absolute Gasteiger partial charge is 0.493 e. The average Bonchev–Trinajstić information content (AvgIpc) is 2.75. The van der Waals surface area contributed by atoms with Gasteiger partial charge in [0.25, 0.3) is 0 Å². The molecule has 0 bridgehead atoms. The summed E-state index contributed by atoms with van der Waals surface area (Å²) >= 11 is 0. The van der Waals surface area contributed by atoms with Gasteiger partial charge in [0.1, 0.15) is 51.6 Å². The summed E-state index contributed by atoms with van der Waals surface area (Å²) in [7, 11) is 4.98. The monoisotopic (exact) mass is 388 g/mol. The van der Waals surface area contributed by atoms with Gasteiger partial charge in [0.2, 0.25) is 5.75 Å². The number of hydrogen-bond donors (Lipinski definition) is 2. The van der Waals surface area contributed by atoms with Crippen molar-refractivity contribution >= 4 is 0 Å². The number of piperazine rings is 1. The third-order valence-corrected chi connectivity index (χ3v) is 5.36. The molecule has 0 saturated carbocycles.